The summed E-state index contributed by atoms with van der Waals surface area (Å²) in [6.07, 6.45) is 3.06. The standard InChI is InChI=1S/C17H23N3O3/c1-2-23-16-5-3-4-13(19-16)8-15(21)18-14-9-17(22)20(11-14)10-12-6-7-12/h3-5,12,14H,2,6-11H2,1H3,(H,18,21). The van der Waals surface area contributed by atoms with Crippen molar-refractivity contribution >= 4 is 11.8 Å². The Morgan fingerprint density at radius 3 is 3.00 bits per heavy atom. The van der Waals surface area contributed by atoms with E-state index in [0.29, 0.717) is 37.1 Å². The molecular formula is C17H23N3O3. The zero-order valence-corrected chi connectivity index (χ0v) is 13.5. The van der Waals surface area contributed by atoms with Gasteiger partial charge in [0.05, 0.1) is 24.8 Å². The van der Waals surface area contributed by atoms with E-state index in [1.54, 1.807) is 12.1 Å². The van der Waals surface area contributed by atoms with Gasteiger partial charge >= 0.3 is 0 Å². The SMILES string of the molecule is CCOc1cccc(CC(=O)NC2CC(=O)N(CC3CC3)C2)n1. The molecule has 1 aromatic rings. The summed E-state index contributed by atoms with van der Waals surface area (Å²) in [4.78, 5) is 30.3. The molecule has 23 heavy (non-hydrogen) atoms. The minimum Gasteiger partial charge on any atom is -0.478 e. The Labute approximate surface area is 136 Å². The van der Waals surface area contributed by atoms with E-state index in [0.717, 1.165) is 6.54 Å². The van der Waals surface area contributed by atoms with E-state index in [1.165, 1.54) is 12.8 Å². The lowest BCUT2D eigenvalue weighted by Crippen LogP contribution is -2.38. The van der Waals surface area contributed by atoms with Gasteiger partial charge in [-0.25, -0.2) is 4.98 Å². The maximum absolute atomic E-state index is 12.2. The number of aromatic nitrogens is 1. The Hall–Kier alpha value is -2.11. The highest BCUT2D eigenvalue weighted by Gasteiger charge is 2.34. The molecule has 2 amide bonds. The van der Waals surface area contributed by atoms with E-state index in [9.17, 15) is 9.59 Å². The Bertz CT molecular complexity index is 586. The number of nitrogens with one attached hydrogen (secondary N) is 1. The molecular weight excluding hydrogens is 294 g/mol. The summed E-state index contributed by atoms with van der Waals surface area (Å²) in [6, 6.07) is 5.33. The number of carbonyl (C=O) groups is 2. The van der Waals surface area contributed by atoms with Crippen LogP contribution in [0.15, 0.2) is 18.2 Å². The van der Waals surface area contributed by atoms with Crippen LogP contribution in [-0.2, 0) is 16.0 Å². The lowest BCUT2D eigenvalue weighted by molar-refractivity contribution is -0.127. The van der Waals surface area contributed by atoms with Gasteiger partial charge < -0.3 is 15.0 Å². The largest absolute Gasteiger partial charge is 0.478 e. The fraction of sp³-hybridized carbons (Fsp3) is 0.588. The van der Waals surface area contributed by atoms with Crippen LogP contribution < -0.4 is 10.1 Å². The van der Waals surface area contributed by atoms with Crippen LogP contribution in [0.2, 0.25) is 0 Å². The molecule has 1 unspecified atom stereocenters. The second-order valence-corrected chi connectivity index (χ2v) is 6.29. The van der Waals surface area contributed by atoms with E-state index < -0.39 is 0 Å². The average Bonchev–Trinajstić information content (AvgIpc) is 3.24. The molecule has 0 spiro atoms. The maximum Gasteiger partial charge on any atom is 0.226 e. The van der Waals surface area contributed by atoms with Gasteiger partial charge in [0.2, 0.25) is 17.7 Å². The first-order valence-corrected chi connectivity index (χ1v) is 8.30. The third-order valence-corrected chi connectivity index (χ3v) is 4.17. The summed E-state index contributed by atoms with van der Waals surface area (Å²) in [5.74, 6) is 1.26. The molecule has 0 bridgehead atoms. The number of pyridine rings is 1. The van der Waals surface area contributed by atoms with Crippen LogP contribution in [0.25, 0.3) is 0 Å². The highest BCUT2D eigenvalue weighted by molar-refractivity contribution is 5.83. The fourth-order valence-corrected chi connectivity index (χ4v) is 2.88. The van der Waals surface area contributed by atoms with Gasteiger partial charge in [-0.2, -0.15) is 0 Å². The molecule has 1 saturated heterocycles. The second kappa shape index (κ2) is 6.98. The molecule has 3 rings (SSSR count). The van der Waals surface area contributed by atoms with Crippen LogP contribution in [0.5, 0.6) is 5.88 Å². The highest BCUT2D eigenvalue weighted by Crippen LogP contribution is 2.31. The van der Waals surface area contributed by atoms with Gasteiger partial charge in [-0.1, -0.05) is 6.07 Å². The van der Waals surface area contributed by atoms with Gasteiger partial charge in [0.15, 0.2) is 0 Å². The number of hydrogen-bond donors (Lipinski definition) is 1. The first-order valence-electron chi connectivity index (χ1n) is 8.30. The number of hydrogen-bond acceptors (Lipinski definition) is 4. The Morgan fingerprint density at radius 1 is 1.43 bits per heavy atom. The van der Waals surface area contributed by atoms with Crippen molar-refractivity contribution in [1.29, 1.82) is 0 Å². The molecule has 2 heterocycles. The summed E-state index contributed by atoms with van der Waals surface area (Å²) in [5, 5.41) is 2.95. The van der Waals surface area contributed by atoms with Crippen molar-refractivity contribution < 1.29 is 14.3 Å². The van der Waals surface area contributed by atoms with Crippen molar-refractivity contribution in [2.75, 3.05) is 19.7 Å². The molecule has 2 fully saturated rings. The van der Waals surface area contributed by atoms with Crippen LogP contribution in [0.3, 0.4) is 0 Å². The van der Waals surface area contributed by atoms with Crippen LogP contribution >= 0.6 is 0 Å². The monoisotopic (exact) mass is 317 g/mol. The summed E-state index contributed by atoms with van der Waals surface area (Å²) in [5.41, 5.74) is 0.674. The lowest BCUT2D eigenvalue weighted by Gasteiger charge is -2.16. The molecule has 0 aromatic carbocycles. The first-order chi connectivity index (χ1) is 11.1. The molecule has 1 N–H and O–H groups in total. The van der Waals surface area contributed by atoms with Crippen molar-refractivity contribution in [2.45, 2.75) is 38.6 Å². The summed E-state index contributed by atoms with van der Waals surface area (Å²) >= 11 is 0. The normalized spacial score (nSPS) is 20.7. The highest BCUT2D eigenvalue weighted by atomic mass is 16.5. The van der Waals surface area contributed by atoms with Gasteiger partial charge in [-0.05, 0) is 31.7 Å². The molecule has 1 atom stereocenters. The van der Waals surface area contributed by atoms with Crippen molar-refractivity contribution in [3.05, 3.63) is 23.9 Å². The number of likely N-dealkylation sites (tertiary alicyclic amines) is 1. The van der Waals surface area contributed by atoms with Gasteiger partial charge in [0.1, 0.15) is 0 Å². The van der Waals surface area contributed by atoms with Crippen LogP contribution in [0, 0.1) is 5.92 Å². The van der Waals surface area contributed by atoms with E-state index in [1.807, 2.05) is 17.9 Å². The van der Waals surface area contributed by atoms with Gasteiger partial charge in [0, 0.05) is 25.6 Å². The smallest absolute Gasteiger partial charge is 0.226 e. The quantitative estimate of drug-likeness (QED) is 0.819. The predicted octanol–water partition coefficient (Wildman–Crippen LogP) is 1.15. The number of rotatable bonds is 7. The first kappa shape index (κ1) is 15.8. The summed E-state index contributed by atoms with van der Waals surface area (Å²) < 4.78 is 5.34. The predicted molar refractivity (Wildman–Crippen MR) is 85.0 cm³/mol. The second-order valence-electron chi connectivity index (χ2n) is 6.29. The molecule has 6 heteroatoms. The Kier molecular flexibility index (Phi) is 4.79. The summed E-state index contributed by atoms with van der Waals surface area (Å²) in [6.45, 7) is 3.92. The third kappa shape index (κ3) is 4.43. The van der Waals surface area contributed by atoms with E-state index in [2.05, 4.69) is 10.3 Å². The summed E-state index contributed by atoms with van der Waals surface area (Å²) in [7, 11) is 0. The number of ether oxygens (including phenoxy) is 1. The minimum atomic E-state index is -0.0998. The van der Waals surface area contributed by atoms with Crippen molar-refractivity contribution in [2.24, 2.45) is 5.92 Å². The van der Waals surface area contributed by atoms with Crippen LogP contribution in [0.4, 0.5) is 0 Å². The minimum absolute atomic E-state index is 0.0798. The average molecular weight is 317 g/mol. The molecule has 0 radical (unpaired) electrons. The number of amides is 2. The molecule has 124 valence electrons. The molecule has 1 aliphatic carbocycles. The van der Waals surface area contributed by atoms with Gasteiger partial charge in [0.25, 0.3) is 0 Å². The van der Waals surface area contributed by atoms with Gasteiger partial charge in [-0.15, -0.1) is 0 Å². The molecule has 1 saturated carbocycles. The van der Waals surface area contributed by atoms with Crippen LogP contribution in [-0.4, -0.2) is 47.4 Å². The topological polar surface area (TPSA) is 71.5 Å². The molecule has 2 aliphatic rings. The van der Waals surface area contributed by atoms with E-state index >= 15 is 0 Å². The van der Waals surface area contributed by atoms with Gasteiger partial charge in [-0.3, -0.25) is 9.59 Å². The fourth-order valence-electron chi connectivity index (χ4n) is 2.88. The van der Waals surface area contributed by atoms with Crippen molar-refractivity contribution in [3.8, 4) is 5.88 Å². The lowest BCUT2D eigenvalue weighted by atomic mass is 10.2. The van der Waals surface area contributed by atoms with E-state index in [-0.39, 0.29) is 24.3 Å². The molecule has 1 aromatic heterocycles. The van der Waals surface area contributed by atoms with Crippen LogP contribution in [0.1, 0.15) is 31.9 Å². The Morgan fingerprint density at radius 2 is 2.26 bits per heavy atom. The third-order valence-electron chi connectivity index (χ3n) is 4.17. The van der Waals surface area contributed by atoms with E-state index in [4.69, 9.17) is 4.74 Å². The number of nitrogens with zero attached hydrogens (tertiary/aromatic N) is 2. The number of carbonyl (C=O) groups excluding carboxylic acids is 2. The Balaban J connectivity index is 1.49. The zero-order valence-electron chi connectivity index (χ0n) is 13.5. The molecule has 1 aliphatic heterocycles. The molecule has 6 nitrogen and oxygen atoms in total. The zero-order chi connectivity index (χ0) is 16.2. The van der Waals surface area contributed by atoms with Crippen molar-refractivity contribution in [3.63, 3.8) is 0 Å². The van der Waals surface area contributed by atoms with Crippen molar-refractivity contribution in [1.82, 2.24) is 15.2 Å². The maximum atomic E-state index is 12.2.